The van der Waals surface area contributed by atoms with Gasteiger partial charge in [-0.05, 0) is 12.8 Å². The van der Waals surface area contributed by atoms with Gasteiger partial charge in [0.05, 0.1) is 0 Å². The minimum absolute atomic E-state index is 0.127. The highest BCUT2D eigenvalue weighted by Crippen LogP contribution is 2.52. The Bertz CT molecular complexity index is 210. The molecule has 0 aromatic heterocycles. The molecule has 2 aliphatic rings. The van der Waals surface area contributed by atoms with E-state index >= 15 is 0 Å². The van der Waals surface area contributed by atoms with Gasteiger partial charge in [-0.1, -0.05) is 13.5 Å². The average Bonchev–Trinajstić information content (AvgIpc) is 2.59. The first-order valence-corrected chi connectivity index (χ1v) is 4.01. The number of esters is 1. The fraction of sp³-hybridized carbons (Fsp3) is 0.667. The first kappa shape index (κ1) is 6.89. The number of cyclic esters (lactones) is 1. The summed E-state index contributed by atoms with van der Waals surface area (Å²) in [5.41, 5.74) is 0.929. The van der Waals surface area contributed by atoms with E-state index in [2.05, 4.69) is 13.5 Å². The minimum Gasteiger partial charge on any atom is -0.458 e. The summed E-state index contributed by atoms with van der Waals surface area (Å²) in [6, 6.07) is 0. The molecule has 1 heterocycles. The van der Waals surface area contributed by atoms with Crippen LogP contribution >= 0.6 is 0 Å². The molecule has 60 valence electrons. The number of hydrogen-bond acceptors (Lipinski definition) is 2. The summed E-state index contributed by atoms with van der Waals surface area (Å²) in [5, 5.41) is 0. The van der Waals surface area contributed by atoms with Crippen LogP contribution < -0.4 is 0 Å². The molecule has 2 rings (SSSR count). The van der Waals surface area contributed by atoms with Crippen LogP contribution in [0.5, 0.6) is 0 Å². The second-order valence-corrected chi connectivity index (χ2v) is 3.86. The Hall–Kier alpha value is -0.790. The van der Waals surface area contributed by atoms with Gasteiger partial charge in [0.15, 0.2) is 0 Å². The van der Waals surface area contributed by atoms with Gasteiger partial charge >= 0.3 is 5.97 Å². The van der Waals surface area contributed by atoms with Gasteiger partial charge in [-0.3, -0.25) is 0 Å². The molecule has 0 amide bonds. The lowest BCUT2D eigenvalue weighted by molar-refractivity contribution is -0.141. The Morgan fingerprint density at radius 1 is 1.64 bits per heavy atom. The maximum atomic E-state index is 10.9. The lowest BCUT2D eigenvalue weighted by atomic mass is 9.98. The molecule has 1 aliphatic heterocycles. The molecule has 2 fully saturated rings. The van der Waals surface area contributed by atoms with E-state index in [1.807, 2.05) is 0 Å². The number of rotatable bonds is 1. The lowest BCUT2D eigenvalue weighted by Crippen LogP contribution is -2.18. The SMILES string of the molecule is C=C1CC(C2(C)CC2)OC1=O. The molecular weight excluding hydrogens is 140 g/mol. The minimum atomic E-state index is -0.192. The van der Waals surface area contributed by atoms with Gasteiger partial charge in [0.1, 0.15) is 6.10 Å². The second kappa shape index (κ2) is 1.87. The van der Waals surface area contributed by atoms with Gasteiger partial charge in [-0.15, -0.1) is 0 Å². The van der Waals surface area contributed by atoms with Gasteiger partial charge in [0, 0.05) is 17.4 Å². The first-order chi connectivity index (χ1) is 5.12. The van der Waals surface area contributed by atoms with Gasteiger partial charge in [0.2, 0.25) is 0 Å². The molecule has 1 saturated carbocycles. The number of hydrogen-bond donors (Lipinski definition) is 0. The summed E-state index contributed by atoms with van der Waals surface area (Å²) in [6.07, 6.45) is 3.26. The molecule has 0 aromatic carbocycles. The molecule has 2 nitrogen and oxygen atoms in total. The zero-order chi connectivity index (χ0) is 8.06. The Morgan fingerprint density at radius 2 is 2.27 bits per heavy atom. The van der Waals surface area contributed by atoms with E-state index in [-0.39, 0.29) is 17.5 Å². The van der Waals surface area contributed by atoms with Gasteiger partial charge < -0.3 is 4.74 Å². The van der Waals surface area contributed by atoms with Gasteiger partial charge in [0.25, 0.3) is 0 Å². The third kappa shape index (κ3) is 0.971. The van der Waals surface area contributed by atoms with Crippen molar-refractivity contribution >= 4 is 5.97 Å². The van der Waals surface area contributed by atoms with Crippen molar-refractivity contribution in [3.8, 4) is 0 Å². The summed E-state index contributed by atoms with van der Waals surface area (Å²) in [7, 11) is 0. The van der Waals surface area contributed by atoms with Crippen molar-refractivity contribution in [2.75, 3.05) is 0 Å². The molecule has 2 heteroatoms. The summed E-state index contributed by atoms with van der Waals surface area (Å²) in [6.45, 7) is 5.82. The number of carbonyl (C=O) groups excluding carboxylic acids is 1. The van der Waals surface area contributed by atoms with E-state index in [0.717, 1.165) is 6.42 Å². The highest BCUT2D eigenvalue weighted by atomic mass is 16.6. The molecule has 0 radical (unpaired) electrons. The first-order valence-electron chi connectivity index (χ1n) is 4.01. The highest BCUT2D eigenvalue weighted by molar-refractivity contribution is 5.90. The molecule has 1 saturated heterocycles. The van der Waals surface area contributed by atoms with Gasteiger partial charge in [-0.25, -0.2) is 4.79 Å². The Kier molecular flexibility index (Phi) is 1.17. The topological polar surface area (TPSA) is 26.3 Å². The predicted octanol–water partition coefficient (Wildman–Crippen LogP) is 1.66. The normalized spacial score (nSPS) is 33.7. The van der Waals surface area contributed by atoms with E-state index < -0.39 is 0 Å². The van der Waals surface area contributed by atoms with Crippen LogP contribution in [0.3, 0.4) is 0 Å². The van der Waals surface area contributed by atoms with Crippen molar-refractivity contribution < 1.29 is 9.53 Å². The zero-order valence-electron chi connectivity index (χ0n) is 6.72. The van der Waals surface area contributed by atoms with E-state index in [9.17, 15) is 4.79 Å². The molecular formula is C9H12O2. The Morgan fingerprint density at radius 3 is 2.64 bits per heavy atom. The van der Waals surface area contributed by atoms with Crippen LogP contribution in [0.4, 0.5) is 0 Å². The van der Waals surface area contributed by atoms with Crippen molar-refractivity contribution in [2.45, 2.75) is 32.3 Å². The third-order valence-electron chi connectivity index (χ3n) is 2.79. The van der Waals surface area contributed by atoms with Crippen LogP contribution in [-0.4, -0.2) is 12.1 Å². The molecule has 11 heavy (non-hydrogen) atoms. The van der Waals surface area contributed by atoms with E-state index in [4.69, 9.17) is 4.74 Å². The largest absolute Gasteiger partial charge is 0.458 e. The van der Waals surface area contributed by atoms with E-state index in [1.54, 1.807) is 0 Å². The van der Waals surface area contributed by atoms with Crippen molar-refractivity contribution in [3.63, 3.8) is 0 Å². The Labute approximate surface area is 66.2 Å². The smallest absolute Gasteiger partial charge is 0.333 e. The summed E-state index contributed by atoms with van der Waals surface area (Å²) in [5.74, 6) is -0.192. The van der Waals surface area contributed by atoms with Crippen molar-refractivity contribution in [1.29, 1.82) is 0 Å². The maximum Gasteiger partial charge on any atom is 0.333 e. The third-order valence-corrected chi connectivity index (χ3v) is 2.79. The molecule has 1 unspecified atom stereocenters. The number of ether oxygens (including phenoxy) is 1. The van der Waals surface area contributed by atoms with Crippen LogP contribution in [0.2, 0.25) is 0 Å². The fourth-order valence-corrected chi connectivity index (χ4v) is 1.47. The van der Waals surface area contributed by atoms with E-state index in [0.29, 0.717) is 5.57 Å². The molecule has 0 spiro atoms. The molecule has 0 N–H and O–H groups in total. The Balaban J connectivity index is 2.09. The number of carbonyl (C=O) groups is 1. The molecule has 1 atom stereocenters. The summed E-state index contributed by atoms with van der Waals surface area (Å²) < 4.78 is 5.16. The van der Waals surface area contributed by atoms with Crippen LogP contribution in [0.15, 0.2) is 12.2 Å². The lowest BCUT2D eigenvalue weighted by Gasteiger charge is -2.14. The highest BCUT2D eigenvalue weighted by Gasteiger charge is 2.50. The molecule has 0 bridgehead atoms. The fourth-order valence-electron chi connectivity index (χ4n) is 1.47. The maximum absolute atomic E-state index is 10.9. The quantitative estimate of drug-likeness (QED) is 0.422. The zero-order valence-corrected chi connectivity index (χ0v) is 6.72. The molecule has 0 aromatic rings. The van der Waals surface area contributed by atoms with Crippen molar-refractivity contribution in [1.82, 2.24) is 0 Å². The van der Waals surface area contributed by atoms with E-state index in [1.165, 1.54) is 12.8 Å². The average molecular weight is 152 g/mol. The van der Waals surface area contributed by atoms with Crippen LogP contribution in [0.25, 0.3) is 0 Å². The van der Waals surface area contributed by atoms with Crippen LogP contribution in [0, 0.1) is 5.41 Å². The van der Waals surface area contributed by atoms with Crippen molar-refractivity contribution in [3.05, 3.63) is 12.2 Å². The second-order valence-electron chi connectivity index (χ2n) is 3.86. The monoisotopic (exact) mass is 152 g/mol. The summed E-state index contributed by atoms with van der Waals surface area (Å²) in [4.78, 5) is 10.9. The predicted molar refractivity (Wildman–Crippen MR) is 41.0 cm³/mol. The molecule has 1 aliphatic carbocycles. The van der Waals surface area contributed by atoms with Crippen molar-refractivity contribution in [2.24, 2.45) is 5.41 Å². The van der Waals surface area contributed by atoms with Gasteiger partial charge in [-0.2, -0.15) is 0 Å². The standard InChI is InChI=1S/C9H12O2/c1-6-5-7(11-8(6)10)9(2)3-4-9/h7H,1,3-5H2,2H3. The summed E-state index contributed by atoms with van der Waals surface area (Å²) >= 11 is 0. The van der Waals surface area contributed by atoms with Crippen LogP contribution in [0.1, 0.15) is 26.2 Å². The van der Waals surface area contributed by atoms with Crippen LogP contribution in [-0.2, 0) is 9.53 Å².